The van der Waals surface area contributed by atoms with Crippen molar-refractivity contribution in [1.29, 1.82) is 0 Å². The van der Waals surface area contributed by atoms with Gasteiger partial charge in [0.1, 0.15) is 29.4 Å². The lowest BCUT2D eigenvalue weighted by Crippen LogP contribution is -2.12. The van der Waals surface area contributed by atoms with Crippen LogP contribution in [0.4, 0.5) is 11.4 Å². The molecule has 9 nitrogen and oxygen atoms in total. The molecule has 0 aliphatic carbocycles. The maximum Gasteiger partial charge on any atom is 0.341 e. The molecule has 1 aromatic carbocycles. The van der Waals surface area contributed by atoms with Crippen molar-refractivity contribution in [2.75, 3.05) is 26.1 Å². The maximum atomic E-state index is 12.2. The number of furan rings is 1. The van der Waals surface area contributed by atoms with E-state index in [0.717, 1.165) is 6.07 Å². The number of benzene rings is 1. The molecule has 0 fully saturated rings. The number of hydrogen-bond acceptors (Lipinski definition) is 8. The predicted molar refractivity (Wildman–Crippen MR) is 91.3 cm³/mol. The minimum atomic E-state index is -0.743. The average molecular weight is 362 g/mol. The second-order valence-electron chi connectivity index (χ2n) is 5.61. The number of ether oxygens (including phenoxy) is 2. The normalized spacial score (nSPS) is 10.3. The Morgan fingerprint density at radius 2 is 1.92 bits per heavy atom. The molecule has 2 aromatic rings. The molecule has 0 bridgehead atoms. The van der Waals surface area contributed by atoms with E-state index in [0.29, 0.717) is 11.4 Å². The number of carbonyl (C=O) groups is 2. The standard InChI is InChI=1S/C17H18N2O7/c1-10-13(17(21)24-4)8-12(26-10)9-25-16(20)11-5-6-14(18(2)3)15(7-11)19(22)23/h5-8H,9H2,1-4H3. The topological polar surface area (TPSA) is 112 Å². The largest absolute Gasteiger partial charge is 0.465 e. The number of anilines is 1. The SMILES string of the molecule is COC(=O)c1cc(COC(=O)c2ccc(N(C)C)c([N+](=O)[O-])c2)oc1C. The van der Waals surface area contributed by atoms with Crippen LogP contribution in [0.25, 0.3) is 0 Å². The fourth-order valence-corrected chi connectivity index (χ4v) is 2.32. The highest BCUT2D eigenvalue weighted by atomic mass is 16.6. The summed E-state index contributed by atoms with van der Waals surface area (Å²) in [5, 5.41) is 11.2. The average Bonchev–Trinajstić information content (AvgIpc) is 2.99. The first-order chi connectivity index (χ1) is 12.2. The van der Waals surface area contributed by atoms with Crippen molar-refractivity contribution < 1.29 is 28.4 Å². The molecule has 0 amide bonds. The fourth-order valence-electron chi connectivity index (χ4n) is 2.32. The smallest absolute Gasteiger partial charge is 0.341 e. The van der Waals surface area contributed by atoms with Gasteiger partial charge in [-0.1, -0.05) is 0 Å². The third kappa shape index (κ3) is 4.00. The molecule has 0 spiro atoms. The monoisotopic (exact) mass is 362 g/mol. The van der Waals surface area contributed by atoms with Gasteiger partial charge in [0.15, 0.2) is 0 Å². The molecule has 0 unspecified atom stereocenters. The number of esters is 2. The molecule has 138 valence electrons. The van der Waals surface area contributed by atoms with Crippen LogP contribution in [0.15, 0.2) is 28.7 Å². The Morgan fingerprint density at radius 3 is 2.50 bits per heavy atom. The van der Waals surface area contributed by atoms with Crippen molar-refractivity contribution in [1.82, 2.24) is 0 Å². The molecule has 0 saturated heterocycles. The van der Waals surface area contributed by atoms with Gasteiger partial charge in [0.05, 0.1) is 17.6 Å². The van der Waals surface area contributed by atoms with Gasteiger partial charge >= 0.3 is 11.9 Å². The summed E-state index contributed by atoms with van der Waals surface area (Å²) in [6, 6.07) is 5.50. The van der Waals surface area contributed by atoms with E-state index in [-0.39, 0.29) is 29.2 Å². The van der Waals surface area contributed by atoms with E-state index in [1.54, 1.807) is 25.9 Å². The van der Waals surface area contributed by atoms with Gasteiger partial charge in [-0.3, -0.25) is 10.1 Å². The summed E-state index contributed by atoms with van der Waals surface area (Å²) in [6.45, 7) is 1.36. The Kier molecular flexibility index (Phi) is 5.61. The molecule has 0 N–H and O–H groups in total. The Bertz CT molecular complexity index is 855. The summed E-state index contributed by atoms with van der Waals surface area (Å²) in [5.74, 6) is -0.699. The lowest BCUT2D eigenvalue weighted by Gasteiger charge is -2.13. The second-order valence-corrected chi connectivity index (χ2v) is 5.61. The molecular formula is C17H18N2O7. The van der Waals surface area contributed by atoms with Crippen LogP contribution >= 0.6 is 0 Å². The van der Waals surface area contributed by atoms with Crippen molar-refractivity contribution in [2.45, 2.75) is 13.5 Å². The third-order valence-electron chi connectivity index (χ3n) is 3.61. The van der Waals surface area contributed by atoms with Gasteiger partial charge in [0.2, 0.25) is 0 Å². The van der Waals surface area contributed by atoms with Gasteiger partial charge in [-0.25, -0.2) is 9.59 Å². The molecule has 0 radical (unpaired) electrons. The highest BCUT2D eigenvalue weighted by Gasteiger charge is 2.21. The lowest BCUT2D eigenvalue weighted by atomic mass is 10.1. The lowest BCUT2D eigenvalue weighted by molar-refractivity contribution is -0.384. The first-order valence-electron chi connectivity index (χ1n) is 7.55. The summed E-state index contributed by atoms with van der Waals surface area (Å²) < 4.78 is 15.1. The van der Waals surface area contributed by atoms with Crippen molar-refractivity contribution in [2.24, 2.45) is 0 Å². The molecule has 0 aliphatic heterocycles. The zero-order valence-corrected chi connectivity index (χ0v) is 14.8. The molecule has 0 aliphatic rings. The van der Waals surface area contributed by atoms with Crippen LogP contribution in [0.2, 0.25) is 0 Å². The number of hydrogen-bond donors (Lipinski definition) is 0. The van der Waals surface area contributed by atoms with Gasteiger partial charge in [-0.2, -0.15) is 0 Å². The van der Waals surface area contributed by atoms with E-state index in [2.05, 4.69) is 4.74 Å². The summed E-state index contributed by atoms with van der Waals surface area (Å²) in [5.41, 5.74) is 0.450. The fraction of sp³-hybridized carbons (Fsp3) is 0.294. The number of nitrogens with zero attached hydrogens (tertiary/aromatic N) is 2. The van der Waals surface area contributed by atoms with Crippen LogP contribution in [-0.4, -0.2) is 38.1 Å². The summed E-state index contributed by atoms with van der Waals surface area (Å²) in [4.78, 5) is 35.9. The van der Waals surface area contributed by atoms with Crippen molar-refractivity contribution >= 4 is 23.3 Å². The van der Waals surface area contributed by atoms with Crippen LogP contribution in [0.3, 0.4) is 0 Å². The van der Waals surface area contributed by atoms with Gasteiger partial charge in [-0.15, -0.1) is 0 Å². The molecule has 26 heavy (non-hydrogen) atoms. The zero-order chi connectivity index (χ0) is 19.4. The first kappa shape index (κ1) is 19.0. The van der Waals surface area contributed by atoms with E-state index in [1.165, 1.54) is 25.3 Å². The van der Waals surface area contributed by atoms with Gasteiger partial charge in [0.25, 0.3) is 5.69 Å². The van der Waals surface area contributed by atoms with Crippen molar-refractivity contribution in [3.05, 3.63) is 57.0 Å². The number of nitro groups is 1. The van der Waals surface area contributed by atoms with Gasteiger partial charge < -0.3 is 18.8 Å². The second kappa shape index (κ2) is 7.68. The first-order valence-corrected chi connectivity index (χ1v) is 7.55. The number of methoxy groups -OCH3 is 1. The highest BCUT2D eigenvalue weighted by Crippen LogP contribution is 2.28. The molecule has 1 heterocycles. The summed E-state index contributed by atoms with van der Waals surface area (Å²) in [6.07, 6.45) is 0. The highest BCUT2D eigenvalue weighted by molar-refractivity contribution is 5.92. The molecule has 1 aromatic heterocycles. The molecule has 0 saturated carbocycles. The van der Waals surface area contributed by atoms with E-state index >= 15 is 0 Å². The predicted octanol–water partition coefficient (Wildman–Crippen LogP) is 2.71. The maximum absolute atomic E-state index is 12.2. The quantitative estimate of drug-likeness (QED) is 0.438. The minimum absolute atomic E-state index is 0.0405. The molecule has 0 atom stereocenters. The van der Waals surface area contributed by atoms with E-state index in [9.17, 15) is 19.7 Å². The molecule has 2 rings (SSSR count). The van der Waals surface area contributed by atoms with Crippen LogP contribution < -0.4 is 4.90 Å². The minimum Gasteiger partial charge on any atom is -0.465 e. The summed E-state index contributed by atoms with van der Waals surface area (Å²) >= 11 is 0. The Morgan fingerprint density at radius 1 is 1.23 bits per heavy atom. The Balaban J connectivity index is 2.14. The number of nitro benzene ring substituents is 1. The Labute approximate surface area is 149 Å². The molecular weight excluding hydrogens is 344 g/mol. The number of aryl methyl sites for hydroxylation is 1. The van der Waals surface area contributed by atoms with Gasteiger partial charge in [-0.05, 0) is 25.1 Å². The van der Waals surface area contributed by atoms with Crippen LogP contribution in [0.1, 0.15) is 32.2 Å². The molecule has 9 heteroatoms. The van der Waals surface area contributed by atoms with E-state index in [4.69, 9.17) is 9.15 Å². The number of carbonyl (C=O) groups excluding carboxylic acids is 2. The summed E-state index contributed by atoms with van der Waals surface area (Å²) in [7, 11) is 4.58. The van der Waals surface area contributed by atoms with Crippen molar-refractivity contribution in [3.8, 4) is 0 Å². The Hall–Kier alpha value is -3.36. The van der Waals surface area contributed by atoms with Crippen molar-refractivity contribution in [3.63, 3.8) is 0 Å². The zero-order valence-electron chi connectivity index (χ0n) is 14.8. The third-order valence-corrected chi connectivity index (χ3v) is 3.61. The van der Waals surface area contributed by atoms with Gasteiger partial charge in [0, 0.05) is 20.2 Å². The van der Waals surface area contributed by atoms with Crippen LogP contribution in [0, 0.1) is 17.0 Å². The van der Waals surface area contributed by atoms with E-state index in [1.807, 2.05) is 0 Å². The van der Waals surface area contributed by atoms with Crippen LogP contribution in [-0.2, 0) is 16.1 Å². The van der Waals surface area contributed by atoms with E-state index < -0.39 is 16.9 Å². The number of rotatable bonds is 6. The van der Waals surface area contributed by atoms with Crippen LogP contribution in [0.5, 0.6) is 0 Å².